The van der Waals surface area contributed by atoms with E-state index in [2.05, 4.69) is 41.5 Å². The zero-order chi connectivity index (χ0) is 67.9. The first-order chi connectivity index (χ1) is 44.4. The van der Waals surface area contributed by atoms with Gasteiger partial charge in [-0.1, -0.05) is 324 Å². The van der Waals surface area contributed by atoms with Crippen LogP contribution in [0.15, 0.2) is 0 Å². The van der Waals surface area contributed by atoms with E-state index in [1.165, 1.54) is 193 Å². The molecule has 0 aromatic rings. The van der Waals surface area contributed by atoms with Gasteiger partial charge in [-0.25, -0.2) is 9.13 Å². The minimum absolute atomic E-state index is 0.103. The fourth-order valence-corrected chi connectivity index (χ4v) is 12.7. The normalized spacial score (nSPS) is 14.4. The van der Waals surface area contributed by atoms with Gasteiger partial charge in [0.1, 0.15) is 19.3 Å². The first-order valence-electron chi connectivity index (χ1n) is 38.0. The van der Waals surface area contributed by atoms with Crippen LogP contribution in [0, 0.1) is 11.8 Å². The Bertz CT molecular complexity index is 1790. The van der Waals surface area contributed by atoms with Crippen molar-refractivity contribution in [1.82, 2.24) is 0 Å². The summed E-state index contributed by atoms with van der Waals surface area (Å²) in [6, 6.07) is 0. The van der Waals surface area contributed by atoms with Crippen molar-refractivity contribution in [3.8, 4) is 0 Å². The third-order valence-electron chi connectivity index (χ3n) is 17.3. The van der Waals surface area contributed by atoms with Crippen LogP contribution in [0.2, 0.25) is 0 Å². The molecule has 3 unspecified atom stereocenters. The molecule has 0 aromatic carbocycles. The van der Waals surface area contributed by atoms with Gasteiger partial charge in [0.05, 0.1) is 26.4 Å². The van der Waals surface area contributed by atoms with Crippen LogP contribution >= 0.6 is 15.6 Å². The molecular weight excluding hydrogens is 1210 g/mol. The molecule has 0 saturated heterocycles. The second kappa shape index (κ2) is 65.0. The molecule has 0 heterocycles. The third kappa shape index (κ3) is 65.4. The number of hydrogen-bond donors (Lipinski definition) is 3. The number of esters is 4. The smallest absolute Gasteiger partial charge is 0.462 e. The number of phosphoric acid groups is 2. The number of phosphoric ester groups is 2. The molecule has 0 radical (unpaired) electrons. The molecule has 0 amide bonds. The van der Waals surface area contributed by atoms with Gasteiger partial charge >= 0.3 is 39.5 Å². The highest BCUT2D eigenvalue weighted by atomic mass is 31.2. The summed E-state index contributed by atoms with van der Waals surface area (Å²) in [5.74, 6) is -0.644. The summed E-state index contributed by atoms with van der Waals surface area (Å²) in [6.07, 6.45) is 51.4. The highest BCUT2D eigenvalue weighted by Crippen LogP contribution is 2.45. The van der Waals surface area contributed by atoms with Crippen LogP contribution in [0.4, 0.5) is 0 Å². The lowest BCUT2D eigenvalue weighted by Gasteiger charge is -2.21. The average Bonchev–Trinajstić information content (AvgIpc) is 1.87. The molecule has 0 rings (SSSR count). The van der Waals surface area contributed by atoms with E-state index in [1.54, 1.807) is 0 Å². The molecule has 3 N–H and O–H groups in total. The van der Waals surface area contributed by atoms with Crippen molar-refractivity contribution in [2.75, 3.05) is 39.6 Å². The van der Waals surface area contributed by atoms with E-state index in [4.69, 9.17) is 37.0 Å². The number of carbonyl (C=O) groups excluding carboxylic acids is 4. The largest absolute Gasteiger partial charge is 0.472 e. The summed E-state index contributed by atoms with van der Waals surface area (Å²) in [6.45, 7) is 9.51. The first-order valence-corrected chi connectivity index (χ1v) is 41.0. The SMILES string of the molecule is CCCCCCCCCCCCCCCCCCCCCC(=O)O[C@H](COC(=O)CCCCCCCCCCCCC(C)C)COP(=O)(O)OC[C@@H](O)COP(=O)(O)OC[C@@H](COC(=O)CCCCCCCCCCCC)OC(=O)CCCCCCCCC(C)CC. The molecular formula is C73H142O17P2. The molecule has 546 valence electrons. The summed E-state index contributed by atoms with van der Waals surface area (Å²) in [5, 5.41) is 10.6. The van der Waals surface area contributed by atoms with Crippen molar-refractivity contribution < 1.29 is 80.2 Å². The van der Waals surface area contributed by atoms with E-state index >= 15 is 0 Å². The van der Waals surface area contributed by atoms with Crippen LogP contribution in [0.1, 0.15) is 375 Å². The van der Waals surface area contributed by atoms with Gasteiger partial charge in [-0.3, -0.25) is 37.3 Å². The Morgan fingerprint density at radius 2 is 0.554 bits per heavy atom. The number of carbonyl (C=O) groups is 4. The van der Waals surface area contributed by atoms with Gasteiger partial charge in [0.15, 0.2) is 12.2 Å². The number of ether oxygens (including phenoxy) is 4. The molecule has 6 atom stereocenters. The van der Waals surface area contributed by atoms with Crippen LogP contribution in [0.3, 0.4) is 0 Å². The molecule has 0 bridgehead atoms. The molecule has 0 aliphatic carbocycles. The van der Waals surface area contributed by atoms with Crippen molar-refractivity contribution in [2.24, 2.45) is 11.8 Å². The summed E-state index contributed by atoms with van der Waals surface area (Å²) >= 11 is 0. The first kappa shape index (κ1) is 90.1. The number of rotatable bonds is 72. The standard InChI is InChI=1S/C73H142O17P2/c1-7-10-12-14-16-18-20-21-22-23-24-25-26-27-28-34-38-45-51-57-72(77)89-68(61-83-71(76)56-50-44-37-33-30-29-31-35-41-47-53-65(4)5)63-87-91(79,80)85-59-67(74)60-86-92(81,82)88-64-69(90-73(78)58-52-46-40-39-42-48-54-66(6)9-3)62-84-70(75)55-49-43-36-32-19-17-15-13-11-8-2/h65-69,74H,7-64H2,1-6H3,(H,79,80)(H,81,82)/t66?,67-,68-,69-/m1/s1. The lowest BCUT2D eigenvalue weighted by molar-refractivity contribution is -0.161. The van der Waals surface area contributed by atoms with E-state index < -0.39 is 97.5 Å². The number of aliphatic hydroxyl groups excluding tert-OH is 1. The van der Waals surface area contributed by atoms with Gasteiger partial charge < -0.3 is 33.8 Å². The van der Waals surface area contributed by atoms with Crippen molar-refractivity contribution in [1.29, 1.82) is 0 Å². The van der Waals surface area contributed by atoms with Crippen molar-refractivity contribution in [3.05, 3.63) is 0 Å². The van der Waals surface area contributed by atoms with Crippen LogP contribution < -0.4 is 0 Å². The highest BCUT2D eigenvalue weighted by molar-refractivity contribution is 7.47. The van der Waals surface area contributed by atoms with E-state index in [-0.39, 0.29) is 25.7 Å². The summed E-state index contributed by atoms with van der Waals surface area (Å²) in [7, 11) is -9.90. The number of hydrogen-bond acceptors (Lipinski definition) is 15. The van der Waals surface area contributed by atoms with E-state index in [0.717, 1.165) is 102 Å². The lowest BCUT2D eigenvalue weighted by Crippen LogP contribution is -2.30. The second-order valence-corrected chi connectivity index (χ2v) is 30.0. The van der Waals surface area contributed by atoms with Gasteiger partial charge in [-0.2, -0.15) is 0 Å². The van der Waals surface area contributed by atoms with Gasteiger partial charge in [-0.15, -0.1) is 0 Å². The Labute approximate surface area is 562 Å². The summed E-state index contributed by atoms with van der Waals surface area (Å²) in [5.41, 5.74) is 0. The fourth-order valence-electron chi connectivity index (χ4n) is 11.1. The lowest BCUT2D eigenvalue weighted by atomic mass is 10.00. The maximum Gasteiger partial charge on any atom is 0.472 e. The number of aliphatic hydroxyl groups is 1. The molecule has 19 heteroatoms. The van der Waals surface area contributed by atoms with Crippen molar-refractivity contribution in [2.45, 2.75) is 394 Å². The van der Waals surface area contributed by atoms with Crippen LogP contribution in [-0.4, -0.2) is 96.7 Å². The molecule has 0 saturated carbocycles. The molecule has 0 aliphatic heterocycles. The fraction of sp³-hybridized carbons (Fsp3) is 0.945. The monoisotopic (exact) mass is 1350 g/mol. The van der Waals surface area contributed by atoms with E-state index in [0.29, 0.717) is 25.7 Å². The van der Waals surface area contributed by atoms with Gasteiger partial charge in [0.25, 0.3) is 0 Å². The maximum atomic E-state index is 13.1. The Hall–Kier alpha value is -1.94. The minimum atomic E-state index is -4.95. The molecule has 0 aliphatic rings. The van der Waals surface area contributed by atoms with Crippen LogP contribution in [0.5, 0.6) is 0 Å². The third-order valence-corrected chi connectivity index (χ3v) is 19.2. The topological polar surface area (TPSA) is 237 Å². The molecule has 0 spiro atoms. The maximum absolute atomic E-state index is 13.1. The van der Waals surface area contributed by atoms with Gasteiger partial charge in [-0.05, 0) is 37.5 Å². The Morgan fingerprint density at radius 1 is 0.315 bits per heavy atom. The minimum Gasteiger partial charge on any atom is -0.462 e. The molecule has 0 fully saturated rings. The summed E-state index contributed by atoms with van der Waals surface area (Å²) in [4.78, 5) is 72.6. The summed E-state index contributed by atoms with van der Waals surface area (Å²) < 4.78 is 68.4. The average molecular weight is 1350 g/mol. The number of unbranched alkanes of at least 4 members (excludes halogenated alkanes) is 41. The highest BCUT2D eigenvalue weighted by Gasteiger charge is 2.30. The van der Waals surface area contributed by atoms with Crippen molar-refractivity contribution >= 4 is 39.5 Å². The molecule has 92 heavy (non-hydrogen) atoms. The Morgan fingerprint density at radius 3 is 0.826 bits per heavy atom. The molecule has 0 aromatic heterocycles. The van der Waals surface area contributed by atoms with Gasteiger partial charge in [0.2, 0.25) is 0 Å². The molecule has 17 nitrogen and oxygen atoms in total. The predicted molar refractivity (Wildman–Crippen MR) is 372 cm³/mol. The van der Waals surface area contributed by atoms with E-state index in [1.807, 2.05) is 0 Å². The second-order valence-electron chi connectivity index (χ2n) is 27.1. The van der Waals surface area contributed by atoms with Crippen molar-refractivity contribution in [3.63, 3.8) is 0 Å². The Balaban J connectivity index is 5.21. The quantitative estimate of drug-likeness (QED) is 0.0222. The Kier molecular flexibility index (Phi) is 63.7. The zero-order valence-electron chi connectivity index (χ0n) is 59.9. The zero-order valence-corrected chi connectivity index (χ0v) is 61.6. The van der Waals surface area contributed by atoms with Crippen LogP contribution in [0.25, 0.3) is 0 Å². The van der Waals surface area contributed by atoms with Crippen LogP contribution in [-0.2, 0) is 65.4 Å². The predicted octanol–water partition coefficient (Wildman–Crippen LogP) is 21.2. The van der Waals surface area contributed by atoms with E-state index in [9.17, 15) is 43.2 Å². The van der Waals surface area contributed by atoms with Gasteiger partial charge in [0, 0.05) is 25.7 Å².